The number of amides is 1. The summed E-state index contributed by atoms with van der Waals surface area (Å²) in [6, 6.07) is 5.84. The first kappa shape index (κ1) is 13.7. The fourth-order valence-corrected chi connectivity index (χ4v) is 3.36. The van der Waals surface area contributed by atoms with Crippen molar-refractivity contribution in [1.82, 2.24) is 9.97 Å². The van der Waals surface area contributed by atoms with E-state index < -0.39 is 11.9 Å². The number of aromatic nitrogens is 2. The average molecular weight is 319 g/mol. The molecule has 0 saturated carbocycles. The predicted octanol–water partition coefficient (Wildman–Crippen LogP) is 3.01. The summed E-state index contributed by atoms with van der Waals surface area (Å²) in [4.78, 5) is 30.8. The smallest absolute Gasteiger partial charge is 0.355 e. The maximum absolute atomic E-state index is 12.0. The molecule has 1 amide bonds. The van der Waals surface area contributed by atoms with Crippen LogP contribution >= 0.6 is 22.7 Å². The standard InChI is InChI=1S/C13H9N3O3S2/c1-6-2-3-7-9(4-6)21-13(15-7)16-10(17)11-14-8(5-20-11)12(18)19/h2-5H,1H3,(H,18,19)(H,15,16,17). The number of nitrogens with zero attached hydrogens (tertiary/aromatic N) is 2. The molecule has 0 bridgehead atoms. The van der Waals surface area contributed by atoms with Crippen LogP contribution in [0.1, 0.15) is 25.9 Å². The zero-order valence-electron chi connectivity index (χ0n) is 10.8. The van der Waals surface area contributed by atoms with Crippen LogP contribution in [0.3, 0.4) is 0 Å². The zero-order chi connectivity index (χ0) is 15.0. The van der Waals surface area contributed by atoms with Crippen LogP contribution in [0.5, 0.6) is 0 Å². The van der Waals surface area contributed by atoms with E-state index in [1.807, 2.05) is 25.1 Å². The summed E-state index contributed by atoms with van der Waals surface area (Å²) in [5.74, 6) is -1.61. The minimum Gasteiger partial charge on any atom is -0.476 e. The molecule has 0 aliphatic rings. The molecule has 106 valence electrons. The molecule has 0 aliphatic carbocycles. The van der Waals surface area contributed by atoms with E-state index in [0.29, 0.717) is 5.13 Å². The molecule has 0 spiro atoms. The minimum atomic E-state index is -1.15. The van der Waals surface area contributed by atoms with Gasteiger partial charge in [-0.15, -0.1) is 11.3 Å². The van der Waals surface area contributed by atoms with Crippen LogP contribution in [0.25, 0.3) is 10.2 Å². The zero-order valence-corrected chi connectivity index (χ0v) is 12.4. The van der Waals surface area contributed by atoms with Crippen LogP contribution in [0.4, 0.5) is 5.13 Å². The van der Waals surface area contributed by atoms with E-state index in [9.17, 15) is 9.59 Å². The van der Waals surface area contributed by atoms with Gasteiger partial charge in [-0.25, -0.2) is 14.8 Å². The fraction of sp³-hybridized carbons (Fsp3) is 0.0769. The Balaban J connectivity index is 1.83. The Hall–Kier alpha value is -2.32. The van der Waals surface area contributed by atoms with E-state index >= 15 is 0 Å². The molecule has 2 N–H and O–H groups in total. The van der Waals surface area contributed by atoms with Gasteiger partial charge in [-0.2, -0.15) is 0 Å². The Morgan fingerprint density at radius 1 is 1.29 bits per heavy atom. The first-order valence-electron chi connectivity index (χ1n) is 5.90. The molecule has 0 fully saturated rings. The molecule has 21 heavy (non-hydrogen) atoms. The lowest BCUT2D eigenvalue weighted by atomic mass is 10.2. The Bertz CT molecular complexity index is 853. The number of rotatable bonds is 3. The molecule has 0 radical (unpaired) electrons. The molecule has 0 aliphatic heterocycles. The van der Waals surface area contributed by atoms with Gasteiger partial charge in [-0.05, 0) is 24.6 Å². The number of anilines is 1. The summed E-state index contributed by atoms with van der Waals surface area (Å²) in [6.45, 7) is 1.99. The number of aryl methyl sites for hydroxylation is 1. The lowest BCUT2D eigenvalue weighted by molar-refractivity contribution is 0.0691. The molecule has 6 nitrogen and oxygen atoms in total. The van der Waals surface area contributed by atoms with Gasteiger partial charge in [-0.1, -0.05) is 17.4 Å². The third-order valence-electron chi connectivity index (χ3n) is 2.68. The van der Waals surface area contributed by atoms with Crippen LogP contribution in [-0.4, -0.2) is 27.0 Å². The van der Waals surface area contributed by atoms with Crippen molar-refractivity contribution in [1.29, 1.82) is 0 Å². The SMILES string of the molecule is Cc1ccc2nc(NC(=O)c3nc(C(=O)O)cs3)sc2c1. The number of carbonyl (C=O) groups excluding carboxylic acids is 1. The molecule has 1 aromatic carbocycles. The second-order valence-corrected chi connectivity index (χ2v) is 6.18. The van der Waals surface area contributed by atoms with E-state index in [2.05, 4.69) is 15.3 Å². The van der Waals surface area contributed by atoms with Crippen molar-refractivity contribution in [2.75, 3.05) is 5.32 Å². The molecule has 0 unspecified atom stereocenters. The van der Waals surface area contributed by atoms with Gasteiger partial charge in [0.1, 0.15) is 0 Å². The molecule has 2 heterocycles. The molecule has 0 atom stereocenters. The second-order valence-electron chi connectivity index (χ2n) is 4.29. The van der Waals surface area contributed by atoms with E-state index in [1.165, 1.54) is 16.7 Å². The number of carboxylic acids is 1. The number of hydrogen-bond acceptors (Lipinski definition) is 6. The highest BCUT2D eigenvalue weighted by molar-refractivity contribution is 7.22. The van der Waals surface area contributed by atoms with Crippen LogP contribution in [0, 0.1) is 6.92 Å². The number of thiazole rings is 2. The Kier molecular flexibility index (Phi) is 3.40. The quantitative estimate of drug-likeness (QED) is 0.774. The molecule has 3 rings (SSSR count). The first-order valence-corrected chi connectivity index (χ1v) is 7.60. The van der Waals surface area contributed by atoms with Crippen LogP contribution < -0.4 is 5.32 Å². The van der Waals surface area contributed by atoms with Crippen LogP contribution in [-0.2, 0) is 0 Å². The molecule has 2 aromatic heterocycles. The predicted molar refractivity (Wildman–Crippen MR) is 81.4 cm³/mol. The van der Waals surface area contributed by atoms with Gasteiger partial charge in [0.2, 0.25) is 0 Å². The second kappa shape index (κ2) is 5.23. The normalized spacial score (nSPS) is 10.7. The molecular formula is C13H9N3O3S2. The van der Waals surface area contributed by atoms with Crippen molar-refractivity contribution >= 4 is 49.9 Å². The number of aromatic carboxylic acids is 1. The van der Waals surface area contributed by atoms with Crippen molar-refractivity contribution in [2.45, 2.75) is 6.92 Å². The summed E-state index contributed by atoms with van der Waals surface area (Å²) in [5, 5.41) is 13.3. The van der Waals surface area contributed by atoms with Crippen molar-refractivity contribution in [3.63, 3.8) is 0 Å². The Morgan fingerprint density at radius 2 is 2.10 bits per heavy atom. The highest BCUT2D eigenvalue weighted by Crippen LogP contribution is 2.27. The highest BCUT2D eigenvalue weighted by Gasteiger charge is 2.16. The van der Waals surface area contributed by atoms with Gasteiger partial charge >= 0.3 is 5.97 Å². The number of benzene rings is 1. The van der Waals surface area contributed by atoms with Gasteiger partial charge in [0.15, 0.2) is 15.8 Å². The van der Waals surface area contributed by atoms with E-state index in [-0.39, 0.29) is 10.7 Å². The van der Waals surface area contributed by atoms with E-state index in [1.54, 1.807) is 0 Å². The lowest BCUT2D eigenvalue weighted by Crippen LogP contribution is -2.11. The highest BCUT2D eigenvalue weighted by atomic mass is 32.1. The minimum absolute atomic E-state index is 0.0998. The van der Waals surface area contributed by atoms with Gasteiger partial charge in [0, 0.05) is 5.38 Å². The largest absolute Gasteiger partial charge is 0.476 e. The molecule has 3 aromatic rings. The van der Waals surface area contributed by atoms with Gasteiger partial charge in [0.05, 0.1) is 10.2 Å². The first-order chi connectivity index (χ1) is 10.0. The number of nitrogens with one attached hydrogen (secondary N) is 1. The van der Waals surface area contributed by atoms with Crippen molar-refractivity contribution in [3.8, 4) is 0 Å². The molecule has 0 saturated heterocycles. The molecular weight excluding hydrogens is 310 g/mol. The maximum Gasteiger partial charge on any atom is 0.355 e. The topological polar surface area (TPSA) is 92.2 Å². The van der Waals surface area contributed by atoms with Gasteiger partial charge in [-0.3, -0.25) is 10.1 Å². The number of hydrogen-bond donors (Lipinski definition) is 2. The summed E-state index contributed by atoms with van der Waals surface area (Å²) >= 11 is 2.35. The number of carbonyl (C=O) groups is 2. The van der Waals surface area contributed by atoms with Crippen LogP contribution in [0.2, 0.25) is 0 Å². The van der Waals surface area contributed by atoms with Gasteiger partial charge < -0.3 is 5.11 Å². The van der Waals surface area contributed by atoms with Gasteiger partial charge in [0.25, 0.3) is 5.91 Å². The monoisotopic (exact) mass is 319 g/mol. The van der Waals surface area contributed by atoms with Crippen molar-refractivity contribution in [3.05, 3.63) is 39.8 Å². The van der Waals surface area contributed by atoms with E-state index in [4.69, 9.17) is 5.11 Å². The summed E-state index contributed by atoms with van der Waals surface area (Å²) in [5.41, 5.74) is 1.80. The fourth-order valence-electron chi connectivity index (χ4n) is 1.71. The lowest BCUT2D eigenvalue weighted by Gasteiger charge is -1.96. The Labute approximate surface area is 127 Å². The summed E-state index contributed by atoms with van der Waals surface area (Å²) < 4.78 is 0.982. The van der Waals surface area contributed by atoms with Crippen molar-refractivity contribution in [2.24, 2.45) is 0 Å². The number of fused-ring (bicyclic) bond motifs is 1. The maximum atomic E-state index is 12.0. The third-order valence-corrected chi connectivity index (χ3v) is 4.46. The Morgan fingerprint density at radius 3 is 2.81 bits per heavy atom. The average Bonchev–Trinajstić information content (AvgIpc) is 3.03. The molecule has 8 heteroatoms. The van der Waals surface area contributed by atoms with Crippen molar-refractivity contribution < 1.29 is 14.7 Å². The van der Waals surface area contributed by atoms with E-state index in [0.717, 1.165) is 27.1 Å². The third kappa shape index (κ3) is 2.76. The summed E-state index contributed by atoms with van der Waals surface area (Å²) in [6.07, 6.45) is 0. The number of carboxylic acid groups (broad SMARTS) is 1. The van der Waals surface area contributed by atoms with Crippen LogP contribution in [0.15, 0.2) is 23.6 Å². The summed E-state index contributed by atoms with van der Waals surface area (Å²) in [7, 11) is 0.